The molecule has 1 aromatic carbocycles. The van der Waals surface area contributed by atoms with Crippen molar-refractivity contribution in [2.24, 2.45) is 0 Å². The van der Waals surface area contributed by atoms with Gasteiger partial charge in [-0.05, 0) is 49.1 Å². The number of nitrogens with one attached hydrogen (secondary N) is 1. The number of halogens is 2. The van der Waals surface area contributed by atoms with E-state index in [1.165, 1.54) is 12.2 Å². The van der Waals surface area contributed by atoms with Crippen molar-refractivity contribution in [3.63, 3.8) is 0 Å². The van der Waals surface area contributed by atoms with Gasteiger partial charge in [-0.2, -0.15) is 11.8 Å². The van der Waals surface area contributed by atoms with Crippen molar-refractivity contribution in [2.45, 2.75) is 25.9 Å². The molecule has 0 saturated heterocycles. The first-order chi connectivity index (χ1) is 7.61. The molecule has 1 N–H and O–H groups in total. The molecule has 0 aliphatic heterocycles. The Balaban J connectivity index is 2.41. The molecule has 0 fully saturated rings. The van der Waals surface area contributed by atoms with Gasteiger partial charge in [0.25, 0.3) is 0 Å². The van der Waals surface area contributed by atoms with Gasteiger partial charge in [-0.3, -0.25) is 0 Å². The zero-order valence-corrected chi connectivity index (χ0v) is 11.9. The van der Waals surface area contributed by atoms with E-state index < -0.39 is 0 Å². The Labute approximate surface area is 112 Å². The van der Waals surface area contributed by atoms with Gasteiger partial charge in [0.2, 0.25) is 0 Å². The van der Waals surface area contributed by atoms with Crippen molar-refractivity contribution >= 4 is 35.0 Å². The number of benzene rings is 1. The zero-order chi connectivity index (χ0) is 12.0. The van der Waals surface area contributed by atoms with Crippen molar-refractivity contribution in [1.29, 1.82) is 0 Å². The molecule has 0 aromatic heterocycles. The zero-order valence-electron chi connectivity index (χ0n) is 9.59. The molecule has 16 heavy (non-hydrogen) atoms. The van der Waals surface area contributed by atoms with Gasteiger partial charge in [0.15, 0.2) is 0 Å². The van der Waals surface area contributed by atoms with Crippen LogP contribution >= 0.6 is 35.0 Å². The van der Waals surface area contributed by atoms with E-state index in [1.807, 2.05) is 23.9 Å². The highest BCUT2D eigenvalue weighted by Gasteiger charge is 2.02. The fourth-order valence-corrected chi connectivity index (χ4v) is 2.56. The highest BCUT2D eigenvalue weighted by atomic mass is 35.5. The van der Waals surface area contributed by atoms with Crippen LogP contribution < -0.4 is 5.32 Å². The monoisotopic (exact) mass is 277 g/mol. The van der Waals surface area contributed by atoms with Crippen LogP contribution in [0.1, 0.15) is 18.9 Å². The largest absolute Gasteiger partial charge is 0.310 e. The lowest BCUT2D eigenvalue weighted by Gasteiger charge is -2.13. The van der Waals surface area contributed by atoms with Gasteiger partial charge in [0, 0.05) is 22.6 Å². The molecule has 0 amide bonds. The molecule has 1 rings (SSSR count). The van der Waals surface area contributed by atoms with Gasteiger partial charge in [0.05, 0.1) is 0 Å². The second kappa shape index (κ2) is 7.44. The Morgan fingerprint density at radius 3 is 2.44 bits per heavy atom. The van der Waals surface area contributed by atoms with Crippen LogP contribution in [-0.4, -0.2) is 18.1 Å². The highest BCUT2D eigenvalue weighted by Crippen LogP contribution is 2.19. The fourth-order valence-electron chi connectivity index (χ4n) is 1.40. The molecule has 1 nitrogen and oxygen atoms in total. The van der Waals surface area contributed by atoms with Crippen LogP contribution in [0.5, 0.6) is 0 Å². The Morgan fingerprint density at radius 2 is 1.88 bits per heavy atom. The summed E-state index contributed by atoms with van der Waals surface area (Å²) in [5.74, 6) is 1.18. The summed E-state index contributed by atoms with van der Waals surface area (Å²) < 4.78 is 0. The molecule has 1 unspecified atom stereocenters. The first-order valence-corrected chi connectivity index (χ1v) is 7.44. The van der Waals surface area contributed by atoms with E-state index in [1.54, 1.807) is 6.07 Å². The van der Waals surface area contributed by atoms with E-state index in [4.69, 9.17) is 23.2 Å². The van der Waals surface area contributed by atoms with Crippen molar-refractivity contribution in [3.8, 4) is 0 Å². The van der Waals surface area contributed by atoms with Crippen molar-refractivity contribution in [2.75, 3.05) is 12.0 Å². The molecule has 0 bridgehead atoms. The minimum absolute atomic E-state index is 0.519. The van der Waals surface area contributed by atoms with Crippen LogP contribution in [0.4, 0.5) is 0 Å². The Kier molecular flexibility index (Phi) is 6.59. The van der Waals surface area contributed by atoms with E-state index in [9.17, 15) is 0 Å². The van der Waals surface area contributed by atoms with Crippen molar-refractivity contribution < 1.29 is 0 Å². The SMILES string of the molecule is CSCCC(C)NCc1cc(Cl)cc(Cl)c1. The van der Waals surface area contributed by atoms with Crippen LogP contribution in [0.3, 0.4) is 0 Å². The first-order valence-electron chi connectivity index (χ1n) is 5.29. The maximum absolute atomic E-state index is 5.93. The molecule has 0 aliphatic rings. The average molecular weight is 278 g/mol. The standard InChI is InChI=1S/C12H17Cl2NS/c1-9(3-4-16-2)15-8-10-5-11(13)7-12(14)6-10/h5-7,9,15H,3-4,8H2,1-2H3. The summed E-state index contributed by atoms with van der Waals surface area (Å²) in [7, 11) is 0. The van der Waals surface area contributed by atoms with E-state index in [-0.39, 0.29) is 0 Å². The third-order valence-corrected chi connectivity index (χ3v) is 3.41. The van der Waals surface area contributed by atoms with Gasteiger partial charge in [-0.25, -0.2) is 0 Å². The molecular weight excluding hydrogens is 261 g/mol. The number of hydrogen-bond donors (Lipinski definition) is 1. The van der Waals surface area contributed by atoms with E-state index in [0.29, 0.717) is 16.1 Å². The molecule has 0 aliphatic carbocycles. The molecule has 0 heterocycles. The van der Waals surface area contributed by atoms with Crippen molar-refractivity contribution in [3.05, 3.63) is 33.8 Å². The summed E-state index contributed by atoms with van der Waals surface area (Å²) >= 11 is 13.7. The molecule has 90 valence electrons. The Bertz CT molecular complexity index is 311. The Morgan fingerprint density at radius 1 is 1.25 bits per heavy atom. The first kappa shape index (κ1) is 14.2. The second-order valence-corrected chi connectivity index (χ2v) is 5.70. The van der Waals surface area contributed by atoms with Gasteiger partial charge in [-0.15, -0.1) is 0 Å². The summed E-state index contributed by atoms with van der Waals surface area (Å²) in [4.78, 5) is 0. The third-order valence-electron chi connectivity index (χ3n) is 2.33. The summed E-state index contributed by atoms with van der Waals surface area (Å²) in [6.07, 6.45) is 3.30. The summed E-state index contributed by atoms with van der Waals surface area (Å²) in [6.45, 7) is 3.01. The van der Waals surface area contributed by atoms with Crippen LogP contribution in [0.2, 0.25) is 10.0 Å². The molecule has 1 aromatic rings. The topological polar surface area (TPSA) is 12.0 Å². The average Bonchev–Trinajstić information content (AvgIpc) is 2.22. The maximum atomic E-state index is 5.93. The highest BCUT2D eigenvalue weighted by molar-refractivity contribution is 7.98. The summed E-state index contributed by atoms with van der Waals surface area (Å²) in [6, 6.07) is 6.16. The summed E-state index contributed by atoms with van der Waals surface area (Å²) in [5.41, 5.74) is 1.13. The van der Waals surface area contributed by atoms with Crippen molar-refractivity contribution in [1.82, 2.24) is 5.32 Å². The van der Waals surface area contributed by atoms with Gasteiger partial charge >= 0.3 is 0 Å². The number of rotatable bonds is 6. The normalized spacial score (nSPS) is 12.8. The summed E-state index contributed by atoms with van der Waals surface area (Å²) in [5, 5.41) is 4.85. The number of thioether (sulfide) groups is 1. The van der Waals surface area contributed by atoms with Gasteiger partial charge in [-0.1, -0.05) is 23.2 Å². The molecule has 0 saturated carbocycles. The van der Waals surface area contributed by atoms with Crippen LogP contribution in [0.25, 0.3) is 0 Å². The molecular formula is C12H17Cl2NS. The quantitative estimate of drug-likeness (QED) is 0.836. The lowest BCUT2D eigenvalue weighted by Crippen LogP contribution is -2.25. The smallest absolute Gasteiger partial charge is 0.0424 e. The third kappa shape index (κ3) is 5.44. The van der Waals surface area contributed by atoms with E-state index in [0.717, 1.165) is 12.1 Å². The molecule has 1 atom stereocenters. The second-order valence-electron chi connectivity index (χ2n) is 3.84. The minimum Gasteiger partial charge on any atom is -0.310 e. The van der Waals surface area contributed by atoms with Crippen LogP contribution in [-0.2, 0) is 6.54 Å². The lowest BCUT2D eigenvalue weighted by atomic mass is 10.2. The number of hydrogen-bond acceptors (Lipinski definition) is 2. The predicted octanol–water partition coefficient (Wildman–Crippen LogP) is 4.22. The molecule has 0 radical (unpaired) electrons. The predicted molar refractivity (Wildman–Crippen MR) is 75.8 cm³/mol. The lowest BCUT2D eigenvalue weighted by molar-refractivity contribution is 0.537. The fraction of sp³-hybridized carbons (Fsp3) is 0.500. The van der Waals surface area contributed by atoms with Gasteiger partial charge < -0.3 is 5.32 Å². The minimum atomic E-state index is 0.519. The van der Waals surface area contributed by atoms with Crippen LogP contribution in [0, 0.1) is 0 Å². The Hall–Kier alpha value is 0.110. The maximum Gasteiger partial charge on any atom is 0.0424 e. The van der Waals surface area contributed by atoms with Gasteiger partial charge in [0.1, 0.15) is 0 Å². The molecule has 4 heteroatoms. The van der Waals surface area contributed by atoms with E-state index in [2.05, 4.69) is 18.5 Å². The molecule has 0 spiro atoms. The van der Waals surface area contributed by atoms with Crippen LogP contribution in [0.15, 0.2) is 18.2 Å². The van der Waals surface area contributed by atoms with E-state index >= 15 is 0 Å².